The zero-order chi connectivity index (χ0) is 8.58. The van der Waals surface area contributed by atoms with Crippen molar-refractivity contribution in [3.63, 3.8) is 0 Å². The third kappa shape index (κ3) is 1.70. The van der Waals surface area contributed by atoms with Gasteiger partial charge >= 0.3 is 0 Å². The van der Waals surface area contributed by atoms with E-state index in [9.17, 15) is 0 Å². The van der Waals surface area contributed by atoms with E-state index in [2.05, 4.69) is 20.8 Å². The van der Waals surface area contributed by atoms with E-state index in [4.69, 9.17) is 11.5 Å². The van der Waals surface area contributed by atoms with Crippen molar-refractivity contribution in [1.82, 2.24) is 0 Å². The summed E-state index contributed by atoms with van der Waals surface area (Å²) in [6.07, 6.45) is 0. The molecule has 0 aliphatic rings. The van der Waals surface area contributed by atoms with Crippen LogP contribution in [-0.4, -0.2) is 11.6 Å². The highest BCUT2D eigenvalue weighted by molar-refractivity contribution is 4.97. The Balaban J connectivity index is 4.40. The normalized spacial score (nSPS) is 21.9. The first-order chi connectivity index (χ1) is 4.19. The predicted molar refractivity (Wildman–Crippen MR) is 45.7 cm³/mol. The van der Waals surface area contributed by atoms with Crippen molar-refractivity contribution < 1.29 is 0 Å². The van der Waals surface area contributed by atoms with Crippen LogP contribution in [-0.2, 0) is 0 Å². The molecule has 0 radical (unpaired) electrons. The number of hydrogen-bond donors (Lipinski definition) is 2. The van der Waals surface area contributed by atoms with Crippen molar-refractivity contribution in [3.8, 4) is 0 Å². The summed E-state index contributed by atoms with van der Waals surface area (Å²) in [4.78, 5) is 0. The molecule has 0 rings (SSSR count). The van der Waals surface area contributed by atoms with Crippen molar-refractivity contribution >= 4 is 0 Å². The van der Waals surface area contributed by atoms with Crippen LogP contribution in [0.2, 0.25) is 0 Å². The van der Waals surface area contributed by atoms with Crippen molar-refractivity contribution in [2.45, 2.75) is 46.2 Å². The van der Waals surface area contributed by atoms with E-state index in [0.717, 1.165) is 0 Å². The monoisotopic (exact) mass is 144 g/mol. The summed E-state index contributed by atoms with van der Waals surface area (Å²) < 4.78 is 0. The first kappa shape index (κ1) is 9.92. The van der Waals surface area contributed by atoms with Gasteiger partial charge in [-0.1, -0.05) is 20.8 Å². The minimum absolute atomic E-state index is 0.0347. The molecule has 10 heavy (non-hydrogen) atoms. The molecule has 0 fully saturated rings. The summed E-state index contributed by atoms with van der Waals surface area (Å²) in [5.74, 6) is 0. The first-order valence-electron chi connectivity index (χ1n) is 3.74. The second kappa shape index (κ2) is 2.51. The van der Waals surface area contributed by atoms with Gasteiger partial charge in [-0.2, -0.15) is 0 Å². The Labute approximate surface area is 64.0 Å². The van der Waals surface area contributed by atoms with Crippen LogP contribution < -0.4 is 11.5 Å². The topological polar surface area (TPSA) is 52.0 Å². The highest BCUT2D eigenvalue weighted by Crippen LogP contribution is 2.29. The maximum absolute atomic E-state index is 6.01. The standard InChI is InChI=1S/C8H20N2/c1-6(9)8(5,10)7(2,3)4/h6H,9-10H2,1-5H3. The van der Waals surface area contributed by atoms with Crippen LogP contribution in [0, 0.1) is 5.41 Å². The molecule has 2 unspecified atom stereocenters. The van der Waals surface area contributed by atoms with E-state index in [-0.39, 0.29) is 17.0 Å². The minimum Gasteiger partial charge on any atom is -0.326 e. The zero-order valence-electron chi connectivity index (χ0n) is 7.73. The van der Waals surface area contributed by atoms with Gasteiger partial charge in [-0.3, -0.25) is 0 Å². The van der Waals surface area contributed by atoms with Crippen LogP contribution in [0.15, 0.2) is 0 Å². The Morgan fingerprint density at radius 2 is 1.40 bits per heavy atom. The van der Waals surface area contributed by atoms with Crippen molar-refractivity contribution in [3.05, 3.63) is 0 Å². The van der Waals surface area contributed by atoms with Gasteiger partial charge in [-0.15, -0.1) is 0 Å². The largest absolute Gasteiger partial charge is 0.326 e. The van der Waals surface area contributed by atoms with E-state index in [0.29, 0.717) is 0 Å². The molecule has 0 amide bonds. The van der Waals surface area contributed by atoms with Crippen LogP contribution in [0.3, 0.4) is 0 Å². The fourth-order valence-electron chi connectivity index (χ4n) is 0.683. The molecule has 0 spiro atoms. The van der Waals surface area contributed by atoms with E-state index >= 15 is 0 Å². The maximum Gasteiger partial charge on any atom is 0.0325 e. The number of nitrogens with two attached hydrogens (primary N) is 2. The lowest BCUT2D eigenvalue weighted by Crippen LogP contribution is -2.59. The third-order valence-electron chi connectivity index (χ3n) is 2.56. The van der Waals surface area contributed by atoms with Crippen LogP contribution >= 0.6 is 0 Å². The van der Waals surface area contributed by atoms with Crippen LogP contribution in [0.25, 0.3) is 0 Å². The number of rotatable bonds is 1. The van der Waals surface area contributed by atoms with Gasteiger partial charge in [0.2, 0.25) is 0 Å². The summed E-state index contributed by atoms with van der Waals surface area (Å²) >= 11 is 0. The van der Waals surface area contributed by atoms with E-state index in [1.54, 1.807) is 0 Å². The second-order valence-electron chi connectivity index (χ2n) is 4.32. The highest BCUT2D eigenvalue weighted by atomic mass is 14.9. The Morgan fingerprint density at radius 1 is 1.10 bits per heavy atom. The molecule has 4 N–H and O–H groups in total. The molecule has 0 aromatic heterocycles. The van der Waals surface area contributed by atoms with Crippen LogP contribution in [0.5, 0.6) is 0 Å². The van der Waals surface area contributed by atoms with Crippen molar-refractivity contribution in [2.24, 2.45) is 16.9 Å². The summed E-state index contributed by atoms with van der Waals surface area (Å²) in [6.45, 7) is 10.3. The Morgan fingerprint density at radius 3 is 1.40 bits per heavy atom. The molecule has 0 aliphatic carbocycles. The van der Waals surface area contributed by atoms with Gasteiger partial charge in [0.15, 0.2) is 0 Å². The summed E-state index contributed by atoms with van der Waals surface area (Å²) in [5.41, 5.74) is 11.5. The molecule has 0 aromatic carbocycles. The van der Waals surface area contributed by atoms with Gasteiger partial charge in [-0.25, -0.2) is 0 Å². The molecule has 0 heterocycles. The van der Waals surface area contributed by atoms with Gasteiger partial charge < -0.3 is 11.5 Å². The van der Waals surface area contributed by atoms with Gasteiger partial charge in [0.25, 0.3) is 0 Å². The molecule has 2 nitrogen and oxygen atoms in total. The Bertz CT molecular complexity index is 109. The zero-order valence-corrected chi connectivity index (χ0v) is 7.73. The van der Waals surface area contributed by atoms with Gasteiger partial charge in [0, 0.05) is 11.6 Å². The van der Waals surface area contributed by atoms with E-state index < -0.39 is 0 Å². The second-order valence-corrected chi connectivity index (χ2v) is 4.32. The lowest BCUT2D eigenvalue weighted by Gasteiger charge is -2.41. The maximum atomic E-state index is 6.01. The number of hydrogen-bond acceptors (Lipinski definition) is 2. The molecule has 0 saturated carbocycles. The summed E-state index contributed by atoms with van der Waals surface area (Å²) in [6, 6.07) is 0.0347. The molecule has 2 atom stereocenters. The van der Waals surface area contributed by atoms with Gasteiger partial charge in [0.1, 0.15) is 0 Å². The molecule has 2 heteroatoms. The predicted octanol–water partition coefficient (Wildman–Crippen LogP) is 1.10. The molecular weight excluding hydrogens is 124 g/mol. The van der Waals surface area contributed by atoms with Gasteiger partial charge in [-0.05, 0) is 19.3 Å². The van der Waals surface area contributed by atoms with Crippen LogP contribution in [0.4, 0.5) is 0 Å². The molecular formula is C8H20N2. The lowest BCUT2D eigenvalue weighted by atomic mass is 9.72. The molecule has 0 bridgehead atoms. The fraction of sp³-hybridized carbons (Fsp3) is 1.00. The smallest absolute Gasteiger partial charge is 0.0325 e. The van der Waals surface area contributed by atoms with Crippen LogP contribution in [0.1, 0.15) is 34.6 Å². The van der Waals surface area contributed by atoms with Crippen molar-refractivity contribution in [1.29, 1.82) is 0 Å². The molecule has 0 saturated heterocycles. The van der Waals surface area contributed by atoms with Crippen molar-refractivity contribution in [2.75, 3.05) is 0 Å². The highest BCUT2D eigenvalue weighted by Gasteiger charge is 2.36. The van der Waals surface area contributed by atoms with E-state index in [1.165, 1.54) is 0 Å². The fourth-order valence-corrected chi connectivity index (χ4v) is 0.683. The summed E-state index contributed by atoms with van der Waals surface area (Å²) in [7, 11) is 0. The Kier molecular flexibility index (Phi) is 2.49. The Hall–Kier alpha value is -0.0800. The minimum atomic E-state index is -0.285. The lowest BCUT2D eigenvalue weighted by molar-refractivity contribution is 0.179. The van der Waals surface area contributed by atoms with E-state index in [1.807, 2.05) is 13.8 Å². The third-order valence-corrected chi connectivity index (χ3v) is 2.56. The van der Waals surface area contributed by atoms with Gasteiger partial charge in [0.05, 0.1) is 0 Å². The SMILES string of the molecule is CC(N)C(C)(N)C(C)(C)C. The first-order valence-corrected chi connectivity index (χ1v) is 3.74. The average molecular weight is 144 g/mol. The molecule has 0 aliphatic heterocycles. The average Bonchev–Trinajstić information content (AvgIpc) is 1.62. The molecule has 0 aromatic rings. The summed E-state index contributed by atoms with van der Waals surface area (Å²) in [5, 5.41) is 0. The molecule has 62 valence electrons. The quantitative estimate of drug-likeness (QED) is 0.579.